The Bertz CT molecular complexity index is 595. The summed E-state index contributed by atoms with van der Waals surface area (Å²) in [5.74, 6) is -2.09. The van der Waals surface area contributed by atoms with Crippen molar-refractivity contribution in [1.29, 1.82) is 0 Å². The Morgan fingerprint density at radius 1 is 1.20 bits per heavy atom. The summed E-state index contributed by atoms with van der Waals surface area (Å²) >= 11 is 6.12. The van der Waals surface area contributed by atoms with E-state index in [0.29, 0.717) is 17.0 Å². The highest BCUT2D eigenvalue weighted by Crippen LogP contribution is 2.46. The Hall–Kier alpha value is -1.81. The third-order valence-electron chi connectivity index (χ3n) is 3.89. The van der Waals surface area contributed by atoms with Crippen molar-refractivity contribution in [3.05, 3.63) is 47.0 Å². The number of allylic oxidation sites excluding steroid dienone is 1. The highest BCUT2D eigenvalue weighted by Gasteiger charge is 2.50. The predicted octanol–water partition coefficient (Wildman–Crippen LogP) is 3.10. The topological polar surface area (TPSA) is 74.6 Å². The van der Waals surface area contributed by atoms with Gasteiger partial charge in [0.05, 0.1) is 5.41 Å². The summed E-state index contributed by atoms with van der Waals surface area (Å²) in [6.45, 7) is 1.56. The molecule has 2 rings (SSSR count). The highest BCUT2D eigenvalue weighted by atomic mass is 35.5. The lowest BCUT2D eigenvalue weighted by atomic mass is 9.63. The van der Waals surface area contributed by atoms with Crippen LogP contribution in [0.2, 0.25) is 5.02 Å². The van der Waals surface area contributed by atoms with E-state index >= 15 is 0 Å². The van der Waals surface area contributed by atoms with Crippen LogP contribution >= 0.6 is 11.6 Å². The Labute approximate surface area is 121 Å². The Morgan fingerprint density at radius 2 is 1.85 bits per heavy atom. The van der Waals surface area contributed by atoms with Crippen molar-refractivity contribution in [2.24, 2.45) is 5.41 Å². The number of hydrogen-bond acceptors (Lipinski definition) is 2. The molecule has 0 saturated heterocycles. The van der Waals surface area contributed by atoms with E-state index in [1.165, 1.54) is 0 Å². The van der Waals surface area contributed by atoms with Crippen LogP contribution in [0.1, 0.15) is 25.3 Å². The summed E-state index contributed by atoms with van der Waals surface area (Å²) in [6, 6.07) is 6.66. The first-order chi connectivity index (χ1) is 9.32. The molecule has 0 fully saturated rings. The minimum atomic E-state index is -1.40. The number of carboxylic acids is 2. The molecule has 2 unspecified atom stereocenters. The summed E-state index contributed by atoms with van der Waals surface area (Å²) in [6.07, 6.45) is 3.46. The molecule has 1 aliphatic carbocycles. The van der Waals surface area contributed by atoms with Gasteiger partial charge in [-0.2, -0.15) is 0 Å². The third-order valence-corrected chi connectivity index (χ3v) is 4.22. The molecule has 1 aromatic carbocycles. The Morgan fingerprint density at radius 3 is 2.40 bits per heavy atom. The van der Waals surface area contributed by atoms with E-state index in [1.54, 1.807) is 43.3 Å². The first-order valence-electron chi connectivity index (χ1n) is 6.21. The van der Waals surface area contributed by atoms with Crippen molar-refractivity contribution in [2.45, 2.75) is 25.2 Å². The fraction of sp³-hybridized carbons (Fsp3) is 0.333. The number of benzene rings is 1. The minimum Gasteiger partial charge on any atom is -0.481 e. The molecule has 2 atom stereocenters. The van der Waals surface area contributed by atoms with Crippen molar-refractivity contribution in [1.82, 2.24) is 0 Å². The predicted molar refractivity (Wildman–Crippen MR) is 74.9 cm³/mol. The average Bonchev–Trinajstić information content (AvgIpc) is 2.38. The number of carboxylic acid groups (broad SMARTS) is 2. The summed E-state index contributed by atoms with van der Waals surface area (Å²) in [4.78, 5) is 23.3. The first-order valence-corrected chi connectivity index (χ1v) is 6.59. The van der Waals surface area contributed by atoms with Gasteiger partial charge in [-0.05, 0) is 31.4 Å². The molecule has 5 heteroatoms. The molecule has 4 nitrogen and oxygen atoms in total. The molecule has 0 aliphatic heterocycles. The third kappa shape index (κ3) is 2.20. The van der Waals surface area contributed by atoms with Crippen LogP contribution in [-0.4, -0.2) is 22.2 Å². The van der Waals surface area contributed by atoms with Gasteiger partial charge in [0.25, 0.3) is 0 Å². The maximum absolute atomic E-state index is 11.8. The van der Waals surface area contributed by atoms with Crippen LogP contribution in [0.25, 0.3) is 0 Å². The fourth-order valence-electron chi connectivity index (χ4n) is 2.70. The van der Waals surface area contributed by atoms with Crippen molar-refractivity contribution < 1.29 is 19.8 Å². The zero-order valence-electron chi connectivity index (χ0n) is 11.0. The summed E-state index contributed by atoms with van der Waals surface area (Å²) in [7, 11) is 0. The monoisotopic (exact) mass is 294 g/mol. The quantitative estimate of drug-likeness (QED) is 0.840. The molecule has 0 amide bonds. The van der Waals surface area contributed by atoms with Crippen LogP contribution in [0.3, 0.4) is 0 Å². The van der Waals surface area contributed by atoms with E-state index in [2.05, 4.69) is 0 Å². The molecule has 106 valence electrons. The second-order valence-electron chi connectivity index (χ2n) is 5.41. The molecular weight excluding hydrogens is 280 g/mol. The molecule has 0 heterocycles. The van der Waals surface area contributed by atoms with E-state index < -0.39 is 22.8 Å². The first kappa shape index (κ1) is 14.6. The summed E-state index contributed by atoms with van der Waals surface area (Å²) < 4.78 is 0. The SMILES string of the molecule is CC1(C(=O)O)CC=CC(C(=O)O)(c2ccccc2Cl)C1. The summed E-state index contributed by atoms with van der Waals surface area (Å²) in [5, 5.41) is 19.4. The lowest BCUT2D eigenvalue weighted by Crippen LogP contribution is -2.44. The summed E-state index contributed by atoms with van der Waals surface area (Å²) in [5.41, 5.74) is -2.09. The van der Waals surface area contributed by atoms with Gasteiger partial charge in [0.2, 0.25) is 0 Å². The zero-order chi connectivity index (χ0) is 15.0. The molecule has 0 bridgehead atoms. The van der Waals surface area contributed by atoms with Crippen LogP contribution in [0.15, 0.2) is 36.4 Å². The van der Waals surface area contributed by atoms with Crippen molar-refractivity contribution in [3.63, 3.8) is 0 Å². The van der Waals surface area contributed by atoms with Crippen LogP contribution < -0.4 is 0 Å². The molecule has 0 radical (unpaired) electrons. The fourth-order valence-corrected chi connectivity index (χ4v) is 3.00. The van der Waals surface area contributed by atoms with E-state index in [0.717, 1.165) is 0 Å². The van der Waals surface area contributed by atoms with E-state index in [9.17, 15) is 19.8 Å². The molecule has 0 spiro atoms. The minimum absolute atomic E-state index is 0.0229. The lowest BCUT2D eigenvalue weighted by Gasteiger charge is -2.38. The average molecular weight is 295 g/mol. The van der Waals surface area contributed by atoms with Crippen LogP contribution in [0.4, 0.5) is 0 Å². The Balaban J connectivity index is 2.61. The highest BCUT2D eigenvalue weighted by molar-refractivity contribution is 6.31. The molecule has 2 N–H and O–H groups in total. The van der Waals surface area contributed by atoms with Gasteiger partial charge in [0.15, 0.2) is 0 Å². The molecule has 0 aromatic heterocycles. The Kier molecular flexibility index (Phi) is 3.61. The molecule has 1 aliphatic rings. The maximum Gasteiger partial charge on any atom is 0.318 e. The normalized spacial score (nSPS) is 29.1. The van der Waals surface area contributed by atoms with Gasteiger partial charge < -0.3 is 10.2 Å². The van der Waals surface area contributed by atoms with Gasteiger partial charge in [-0.15, -0.1) is 0 Å². The molecule has 1 aromatic rings. The van der Waals surface area contributed by atoms with Crippen molar-refractivity contribution >= 4 is 23.5 Å². The standard InChI is InChI=1S/C15H15ClO4/c1-14(12(17)18)7-4-8-15(9-14,13(19)20)10-5-2-3-6-11(10)16/h2-6,8H,7,9H2,1H3,(H,17,18)(H,19,20). The van der Waals surface area contributed by atoms with Crippen LogP contribution in [0, 0.1) is 5.41 Å². The van der Waals surface area contributed by atoms with E-state index in [4.69, 9.17) is 11.6 Å². The zero-order valence-corrected chi connectivity index (χ0v) is 11.7. The van der Waals surface area contributed by atoms with Gasteiger partial charge in [-0.3, -0.25) is 9.59 Å². The second-order valence-corrected chi connectivity index (χ2v) is 5.81. The number of hydrogen-bond donors (Lipinski definition) is 2. The van der Waals surface area contributed by atoms with Crippen molar-refractivity contribution in [2.75, 3.05) is 0 Å². The number of rotatable bonds is 3. The van der Waals surface area contributed by atoms with E-state index in [1.807, 2.05) is 0 Å². The van der Waals surface area contributed by atoms with Gasteiger partial charge in [0.1, 0.15) is 5.41 Å². The number of carbonyl (C=O) groups is 2. The number of halogens is 1. The number of aliphatic carboxylic acids is 2. The molecule has 0 saturated carbocycles. The largest absolute Gasteiger partial charge is 0.481 e. The lowest BCUT2D eigenvalue weighted by molar-refractivity contribution is -0.152. The second kappa shape index (κ2) is 4.94. The van der Waals surface area contributed by atoms with Crippen molar-refractivity contribution in [3.8, 4) is 0 Å². The molecule has 20 heavy (non-hydrogen) atoms. The van der Waals surface area contributed by atoms with Gasteiger partial charge >= 0.3 is 11.9 Å². The van der Waals surface area contributed by atoms with Crippen LogP contribution in [-0.2, 0) is 15.0 Å². The van der Waals surface area contributed by atoms with E-state index in [-0.39, 0.29) is 6.42 Å². The smallest absolute Gasteiger partial charge is 0.318 e. The molecular formula is C15H15ClO4. The van der Waals surface area contributed by atoms with Crippen LogP contribution in [0.5, 0.6) is 0 Å². The van der Waals surface area contributed by atoms with Gasteiger partial charge in [-0.1, -0.05) is 42.0 Å². The van der Waals surface area contributed by atoms with Gasteiger partial charge in [-0.25, -0.2) is 0 Å². The maximum atomic E-state index is 11.8. The van der Waals surface area contributed by atoms with Gasteiger partial charge in [0, 0.05) is 5.02 Å².